The lowest BCUT2D eigenvalue weighted by atomic mass is 9.91. The van der Waals surface area contributed by atoms with Crippen molar-refractivity contribution in [1.29, 1.82) is 0 Å². The van der Waals surface area contributed by atoms with Crippen molar-refractivity contribution in [3.05, 3.63) is 10.6 Å². The lowest BCUT2D eigenvalue weighted by molar-refractivity contribution is 0.494. The molecule has 0 aromatic rings. The van der Waals surface area contributed by atoms with Gasteiger partial charge in [0.25, 0.3) is 0 Å². The molecule has 1 saturated carbocycles. The maximum absolute atomic E-state index is 4.20. The van der Waals surface area contributed by atoms with E-state index in [9.17, 15) is 0 Å². The van der Waals surface area contributed by atoms with Crippen molar-refractivity contribution < 1.29 is 0 Å². The van der Waals surface area contributed by atoms with Gasteiger partial charge in [-0.1, -0.05) is 20.8 Å². The first-order chi connectivity index (χ1) is 6.00. The van der Waals surface area contributed by atoms with Crippen molar-refractivity contribution in [2.45, 2.75) is 33.6 Å². The Morgan fingerprint density at radius 3 is 2.15 bits per heavy atom. The van der Waals surface area contributed by atoms with Gasteiger partial charge in [0.1, 0.15) is 0 Å². The first kappa shape index (κ1) is 10.8. The van der Waals surface area contributed by atoms with Crippen LogP contribution in [0.1, 0.15) is 33.6 Å². The van der Waals surface area contributed by atoms with E-state index in [4.69, 9.17) is 0 Å². The van der Waals surface area contributed by atoms with E-state index in [1.54, 1.807) is 0 Å². The molecule has 0 bridgehead atoms. The summed E-state index contributed by atoms with van der Waals surface area (Å²) in [5.41, 5.74) is 1.34. The molecule has 0 aromatic carbocycles. The van der Waals surface area contributed by atoms with Gasteiger partial charge in [-0.3, -0.25) is 4.99 Å². The number of thioether (sulfide) groups is 1. The van der Waals surface area contributed by atoms with Gasteiger partial charge in [0.2, 0.25) is 0 Å². The van der Waals surface area contributed by atoms with Crippen molar-refractivity contribution in [1.82, 2.24) is 0 Å². The Bertz CT molecular complexity index is 231. The highest BCUT2D eigenvalue weighted by Crippen LogP contribution is 2.46. The predicted molar refractivity (Wildman–Crippen MR) is 62.3 cm³/mol. The van der Waals surface area contributed by atoms with Gasteiger partial charge < -0.3 is 0 Å². The normalized spacial score (nSPS) is 19.7. The zero-order valence-corrected chi connectivity index (χ0v) is 9.87. The molecular weight excluding hydrogens is 178 g/mol. The maximum Gasteiger partial charge on any atom is 0.0547 e. The molecule has 0 amide bonds. The molecular formula is C11H19NS. The number of aliphatic imine (C=N–C) groups is 1. The minimum absolute atomic E-state index is 0.142. The monoisotopic (exact) mass is 197 g/mol. The molecule has 1 aliphatic carbocycles. The summed E-state index contributed by atoms with van der Waals surface area (Å²) in [7, 11) is 0. The second-order valence-electron chi connectivity index (χ2n) is 4.60. The van der Waals surface area contributed by atoms with Crippen LogP contribution in [0.15, 0.2) is 15.6 Å². The van der Waals surface area contributed by atoms with E-state index in [0.29, 0.717) is 0 Å². The van der Waals surface area contributed by atoms with Crippen LogP contribution in [0.2, 0.25) is 0 Å². The lowest BCUT2D eigenvalue weighted by Gasteiger charge is -2.22. The van der Waals surface area contributed by atoms with Gasteiger partial charge in [0.15, 0.2) is 0 Å². The Hall–Kier alpha value is -0.240. The molecule has 0 aliphatic heterocycles. The molecule has 0 unspecified atom stereocenters. The van der Waals surface area contributed by atoms with Gasteiger partial charge in [-0.05, 0) is 31.7 Å². The summed E-state index contributed by atoms with van der Waals surface area (Å²) in [5, 5.41) is 0. The van der Waals surface area contributed by atoms with Crippen molar-refractivity contribution >= 4 is 18.5 Å². The van der Waals surface area contributed by atoms with Gasteiger partial charge in [0, 0.05) is 10.3 Å². The molecule has 0 aromatic heterocycles. The largest absolute Gasteiger partial charge is 0.268 e. The molecule has 74 valence electrons. The number of hydrogen-bond acceptors (Lipinski definition) is 2. The third kappa shape index (κ3) is 2.60. The maximum atomic E-state index is 4.20. The van der Waals surface area contributed by atoms with Crippen LogP contribution in [0.5, 0.6) is 0 Å². The van der Waals surface area contributed by atoms with Crippen LogP contribution in [0.25, 0.3) is 0 Å². The van der Waals surface area contributed by atoms with Crippen molar-refractivity contribution in [3.8, 4) is 0 Å². The first-order valence-corrected chi connectivity index (χ1v) is 5.98. The smallest absolute Gasteiger partial charge is 0.0547 e. The lowest BCUT2D eigenvalue weighted by Crippen LogP contribution is -2.10. The van der Waals surface area contributed by atoms with E-state index in [1.165, 1.54) is 23.4 Å². The van der Waals surface area contributed by atoms with Gasteiger partial charge in [-0.15, -0.1) is 11.8 Å². The zero-order chi connectivity index (χ0) is 10.1. The van der Waals surface area contributed by atoms with E-state index in [2.05, 4.69) is 38.7 Å². The van der Waals surface area contributed by atoms with Gasteiger partial charge in [-0.2, -0.15) is 0 Å². The molecule has 1 rings (SSSR count). The van der Waals surface area contributed by atoms with Crippen LogP contribution in [-0.2, 0) is 0 Å². The number of allylic oxidation sites excluding steroid dienone is 2. The number of nitrogens with zero attached hydrogens (tertiary/aromatic N) is 1. The van der Waals surface area contributed by atoms with Crippen LogP contribution < -0.4 is 0 Å². The quantitative estimate of drug-likeness (QED) is 0.628. The Kier molecular flexibility index (Phi) is 3.23. The molecule has 1 aliphatic rings. The van der Waals surface area contributed by atoms with Crippen molar-refractivity contribution in [3.63, 3.8) is 0 Å². The number of hydrogen-bond donors (Lipinski definition) is 0. The van der Waals surface area contributed by atoms with Crippen LogP contribution in [0, 0.1) is 11.3 Å². The summed E-state index contributed by atoms with van der Waals surface area (Å²) in [5.74, 6) is 0.787. The van der Waals surface area contributed by atoms with Gasteiger partial charge in [-0.25, -0.2) is 0 Å². The van der Waals surface area contributed by atoms with Crippen LogP contribution >= 0.6 is 11.8 Å². The molecule has 2 heteroatoms. The predicted octanol–water partition coefficient (Wildman–Crippen LogP) is 3.72. The summed E-state index contributed by atoms with van der Waals surface area (Å²) < 4.78 is 0. The molecule has 1 fully saturated rings. The summed E-state index contributed by atoms with van der Waals surface area (Å²) in [6.07, 6.45) is 4.82. The third-order valence-electron chi connectivity index (χ3n) is 2.27. The standard InChI is InChI=1S/C11H19NS/c1-11(2,3)10(12-4)9(13-5)8-6-7-8/h8H,4,6-7H2,1-3,5H3/b10-9-. The Morgan fingerprint density at radius 2 is 1.92 bits per heavy atom. The topological polar surface area (TPSA) is 12.4 Å². The summed E-state index contributed by atoms with van der Waals surface area (Å²) in [6, 6.07) is 0. The second kappa shape index (κ2) is 3.87. The molecule has 1 nitrogen and oxygen atoms in total. The molecule has 0 atom stereocenters. The summed E-state index contributed by atoms with van der Waals surface area (Å²) >= 11 is 1.85. The minimum Gasteiger partial charge on any atom is -0.268 e. The average Bonchev–Trinajstić information content (AvgIpc) is 2.79. The van der Waals surface area contributed by atoms with E-state index in [-0.39, 0.29) is 5.41 Å². The Morgan fingerprint density at radius 1 is 1.38 bits per heavy atom. The molecule has 0 radical (unpaired) electrons. The highest BCUT2D eigenvalue weighted by molar-refractivity contribution is 8.02. The van der Waals surface area contributed by atoms with Crippen LogP contribution in [-0.4, -0.2) is 13.0 Å². The van der Waals surface area contributed by atoms with E-state index < -0.39 is 0 Å². The number of rotatable bonds is 3. The third-order valence-corrected chi connectivity index (χ3v) is 3.24. The Balaban J connectivity index is 2.99. The fraction of sp³-hybridized carbons (Fsp3) is 0.727. The second-order valence-corrected chi connectivity index (χ2v) is 5.45. The molecule has 0 heterocycles. The van der Waals surface area contributed by atoms with Crippen molar-refractivity contribution in [2.75, 3.05) is 6.26 Å². The van der Waals surface area contributed by atoms with Crippen LogP contribution in [0.3, 0.4) is 0 Å². The minimum atomic E-state index is 0.142. The zero-order valence-electron chi connectivity index (χ0n) is 9.05. The molecule has 13 heavy (non-hydrogen) atoms. The van der Waals surface area contributed by atoms with E-state index >= 15 is 0 Å². The highest BCUT2D eigenvalue weighted by atomic mass is 32.2. The van der Waals surface area contributed by atoms with Crippen LogP contribution in [0.4, 0.5) is 0 Å². The molecule has 0 N–H and O–H groups in total. The summed E-state index contributed by atoms with van der Waals surface area (Å²) in [6.45, 7) is 10.3. The van der Waals surface area contributed by atoms with E-state index in [0.717, 1.165) is 5.92 Å². The van der Waals surface area contributed by atoms with Crippen molar-refractivity contribution in [2.24, 2.45) is 16.3 Å². The Labute approximate surface area is 85.7 Å². The highest BCUT2D eigenvalue weighted by Gasteiger charge is 2.31. The fourth-order valence-electron chi connectivity index (χ4n) is 1.49. The first-order valence-electron chi connectivity index (χ1n) is 4.76. The molecule has 0 spiro atoms. The SMILES string of the molecule is C=N/C(=C(\SC)C1CC1)C(C)(C)C. The summed E-state index contributed by atoms with van der Waals surface area (Å²) in [4.78, 5) is 5.66. The van der Waals surface area contributed by atoms with E-state index in [1.807, 2.05) is 11.8 Å². The van der Waals surface area contributed by atoms with Gasteiger partial charge in [0.05, 0.1) is 5.70 Å². The van der Waals surface area contributed by atoms with Gasteiger partial charge >= 0.3 is 0 Å². The molecule has 0 saturated heterocycles. The average molecular weight is 197 g/mol. The fourth-order valence-corrected chi connectivity index (χ4v) is 2.62.